The van der Waals surface area contributed by atoms with Crippen molar-refractivity contribution in [3.8, 4) is 0 Å². The summed E-state index contributed by atoms with van der Waals surface area (Å²) in [5.41, 5.74) is -0.0686. The zero-order valence-corrected chi connectivity index (χ0v) is 10.7. The summed E-state index contributed by atoms with van der Waals surface area (Å²) < 4.78 is 42.9. The molecular weight excluding hydrogens is 275 g/mol. The van der Waals surface area contributed by atoms with E-state index in [0.29, 0.717) is 18.7 Å². The second-order valence-corrected chi connectivity index (χ2v) is 4.71. The molecule has 110 valence electrons. The lowest BCUT2D eigenvalue weighted by molar-refractivity contribution is -0.137. The lowest BCUT2D eigenvalue weighted by Crippen LogP contribution is -2.54. The number of alkyl halides is 3. The van der Waals surface area contributed by atoms with Gasteiger partial charge in [0.1, 0.15) is 0 Å². The summed E-state index contributed by atoms with van der Waals surface area (Å²) in [6.45, 7) is 2.31. The average Bonchev–Trinajstić information content (AvgIpc) is 2.31. The number of nitrogens with zero attached hydrogens (tertiary/aromatic N) is 1. The summed E-state index contributed by atoms with van der Waals surface area (Å²) in [6.07, 6.45) is -5.92. The van der Waals surface area contributed by atoms with Crippen molar-refractivity contribution < 1.29 is 27.8 Å². The van der Waals surface area contributed by atoms with Gasteiger partial charge in [-0.1, -0.05) is 12.1 Å². The van der Waals surface area contributed by atoms with E-state index in [4.69, 9.17) is 9.84 Å². The SMILES string of the molecule is CC(OC1CN(C(=O)O)C1)c1ccc(C(F)(F)F)cc1. The van der Waals surface area contributed by atoms with Gasteiger partial charge < -0.3 is 14.7 Å². The van der Waals surface area contributed by atoms with Gasteiger partial charge in [0.25, 0.3) is 0 Å². The van der Waals surface area contributed by atoms with Crippen molar-refractivity contribution >= 4 is 6.09 Å². The highest BCUT2D eigenvalue weighted by Crippen LogP contribution is 2.31. The van der Waals surface area contributed by atoms with E-state index in [1.54, 1.807) is 6.92 Å². The smallest absolute Gasteiger partial charge is 0.416 e. The highest BCUT2D eigenvalue weighted by molar-refractivity contribution is 5.66. The van der Waals surface area contributed by atoms with Crippen LogP contribution in [0.4, 0.5) is 18.0 Å². The molecule has 1 aliphatic rings. The molecule has 1 aromatic rings. The van der Waals surface area contributed by atoms with Gasteiger partial charge in [-0.15, -0.1) is 0 Å². The molecule has 0 saturated carbocycles. The Morgan fingerprint density at radius 3 is 2.35 bits per heavy atom. The molecule has 1 unspecified atom stereocenters. The van der Waals surface area contributed by atoms with Gasteiger partial charge in [-0.25, -0.2) is 4.79 Å². The molecule has 20 heavy (non-hydrogen) atoms. The van der Waals surface area contributed by atoms with Gasteiger partial charge >= 0.3 is 12.3 Å². The Kier molecular flexibility index (Phi) is 3.89. The van der Waals surface area contributed by atoms with Crippen LogP contribution in [0.15, 0.2) is 24.3 Å². The lowest BCUT2D eigenvalue weighted by Gasteiger charge is -2.38. The van der Waals surface area contributed by atoms with Gasteiger partial charge in [0.15, 0.2) is 0 Å². The van der Waals surface area contributed by atoms with E-state index in [0.717, 1.165) is 12.1 Å². The van der Waals surface area contributed by atoms with Crippen molar-refractivity contribution in [1.82, 2.24) is 4.90 Å². The third-order valence-corrected chi connectivity index (χ3v) is 3.22. The van der Waals surface area contributed by atoms with Crippen LogP contribution in [0.5, 0.6) is 0 Å². The van der Waals surface area contributed by atoms with Crippen LogP contribution in [0.1, 0.15) is 24.2 Å². The zero-order chi connectivity index (χ0) is 14.9. The Morgan fingerprint density at radius 1 is 1.35 bits per heavy atom. The predicted molar refractivity (Wildman–Crippen MR) is 64.3 cm³/mol. The number of amides is 1. The summed E-state index contributed by atoms with van der Waals surface area (Å²) in [4.78, 5) is 11.8. The van der Waals surface area contributed by atoms with Crippen LogP contribution in [0.25, 0.3) is 0 Å². The highest BCUT2D eigenvalue weighted by Gasteiger charge is 2.33. The van der Waals surface area contributed by atoms with E-state index in [2.05, 4.69) is 0 Å². The molecule has 0 bridgehead atoms. The normalized spacial score (nSPS) is 17.7. The van der Waals surface area contributed by atoms with E-state index >= 15 is 0 Å². The molecule has 1 atom stereocenters. The van der Waals surface area contributed by atoms with Crippen molar-refractivity contribution in [2.24, 2.45) is 0 Å². The maximum atomic E-state index is 12.4. The second kappa shape index (κ2) is 5.32. The number of carboxylic acid groups (broad SMARTS) is 1. The van der Waals surface area contributed by atoms with Crippen LogP contribution in [0.3, 0.4) is 0 Å². The van der Waals surface area contributed by atoms with E-state index in [1.807, 2.05) is 0 Å². The summed E-state index contributed by atoms with van der Waals surface area (Å²) in [6, 6.07) is 4.78. The molecule has 0 radical (unpaired) electrons. The van der Waals surface area contributed by atoms with Crippen LogP contribution in [-0.2, 0) is 10.9 Å². The maximum absolute atomic E-state index is 12.4. The molecule has 0 aromatic heterocycles. The molecule has 1 fully saturated rings. The molecule has 1 amide bonds. The van der Waals surface area contributed by atoms with Crippen molar-refractivity contribution in [3.05, 3.63) is 35.4 Å². The van der Waals surface area contributed by atoms with E-state index in [9.17, 15) is 18.0 Å². The fourth-order valence-electron chi connectivity index (χ4n) is 1.99. The number of ether oxygens (including phenoxy) is 1. The minimum atomic E-state index is -4.35. The molecule has 1 N–H and O–H groups in total. The average molecular weight is 289 g/mol. The Labute approximate surface area is 113 Å². The molecule has 4 nitrogen and oxygen atoms in total. The summed E-state index contributed by atoms with van der Waals surface area (Å²) in [5, 5.41) is 8.67. The fraction of sp³-hybridized carbons (Fsp3) is 0.462. The molecule has 0 spiro atoms. The number of halogens is 3. The maximum Gasteiger partial charge on any atom is 0.416 e. The zero-order valence-electron chi connectivity index (χ0n) is 10.7. The Morgan fingerprint density at radius 2 is 1.90 bits per heavy atom. The Hall–Kier alpha value is -1.76. The van der Waals surface area contributed by atoms with Gasteiger partial charge in [0.05, 0.1) is 30.9 Å². The molecular formula is C13H14F3NO3. The minimum Gasteiger partial charge on any atom is -0.465 e. The molecule has 1 heterocycles. The number of hydrogen-bond donors (Lipinski definition) is 1. The minimum absolute atomic E-state index is 0.205. The number of carbonyl (C=O) groups is 1. The quantitative estimate of drug-likeness (QED) is 0.930. The topological polar surface area (TPSA) is 49.8 Å². The van der Waals surface area contributed by atoms with E-state index in [1.165, 1.54) is 17.0 Å². The van der Waals surface area contributed by atoms with Crippen LogP contribution >= 0.6 is 0 Å². The second-order valence-electron chi connectivity index (χ2n) is 4.71. The number of rotatable bonds is 3. The van der Waals surface area contributed by atoms with Gasteiger partial charge in [-0.3, -0.25) is 0 Å². The Balaban J connectivity index is 1.90. The molecule has 2 rings (SSSR count). The largest absolute Gasteiger partial charge is 0.465 e. The molecule has 1 aromatic carbocycles. The van der Waals surface area contributed by atoms with Crippen molar-refractivity contribution in [3.63, 3.8) is 0 Å². The molecule has 1 aliphatic heterocycles. The summed E-state index contributed by atoms with van der Waals surface area (Å²) in [7, 11) is 0. The summed E-state index contributed by atoms with van der Waals surface area (Å²) in [5.74, 6) is 0. The molecule has 0 aliphatic carbocycles. The first-order valence-corrected chi connectivity index (χ1v) is 6.08. The van der Waals surface area contributed by atoms with Crippen molar-refractivity contribution in [1.29, 1.82) is 0 Å². The number of benzene rings is 1. The van der Waals surface area contributed by atoms with E-state index in [-0.39, 0.29) is 12.2 Å². The van der Waals surface area contributed by atoms with Gasteiger partial charge in [-0.2, -0.15) is 13.2 Å². The van der Waals surface area contributed by atoms with Crippen LogP contribution < -0.4 is 0 Å². The van der Waals surface area contributed by atoms with Crippen LogP contribution in [-0.4, -0.2) is 35.3 Å². The summed E-state index contributed by atoms with van der Waals surface area (Å²) >= 11 is 0. The number of likely N-dealkylation sites (tertiary alicyclic amines) is 1. The third kappa shape index (κ3) is 3.22. The molecule has 7 heteroatoms. The Bertz CT molecular complexity index is 481. The first-order chi connectivity index (χ1) is 9.27. The van der Waals surface area contributed by atoms with Crippen LogP contribution in [0.2, 0.25) is 0 Å². The molecule has 1 saturated heterocycles. The first kappa shape index (κ1) is 14.6. The number of hydrogen-bond acceptors (Lipinski definition) is 2. The predicted octanol–water partition coefficient (Wildman–Crippen LogP) is 3.15. The monoisotopic (exact) mass is 289 g/mol. The van der Waals surface area contributed by atoms with Crippen molar-refractivity contribution in [2.45, 2.75) is 25.3 Å². The van der Waals surface area contributed by atoms with Crippen molar-refractivity contribution in [2.75, 3.05) is 13.1 Å². The fourth-order valence-corrected chi connectivity index (χ4v) is 1.99. The third-order valence-electron chi connectivity index (χ3n) is 3.22. The van der Waals surface area contributed by atoms with Gasteiger partial charge in [-0.05, 0) is 24.6 Å². The van der Waals surface area contributed by atoms with E-state index < -0.39 is 17.8 Å². The lowest BCUT2D eigenvalue weighted by atomic mass is 10.1. The van der Waals surface area contributed by atoms with Crippen LogP contribution in [0, 0.1) is 0 Å². The first-order valence-electron chi connectivity index (χ1n) is 6.08. The van der Waals surface area contributed by atoms with Gasteiger partial charge in [0.2, 0.25) is 0 Å². The van der Waals surface area contributed by atoms with Gasteiger partial charge in [0, 0.05) is 0 Å². The standard InChI is InChI=1S/C13H14F3NO3/c1-8(20-11-6-17(7-11)12(18)19)9-2-4-10(5-3-9)13(14,15)16/h2-5,8,11H,6-7H2,1H3,(H,18,19). The highest BCUT2D eigenvalue weighted by atomic mass is 19.4.